The molecule has 0 aliphatic rings. The number of amides is 1. The first-order valence-corrected chi connectivity index (χ1v) is 17.6. The van der Waals surface area contributed by atoms with Crippen molar-refractivity contribution in [1.29, 1.82) is 0 Å². The third kappa shape index (κ3) is 7.80. The highest BCUT2D eigenvalue weighted by Crippen LogP contribution is 2.37. The second kappa shape index (κ2) is 15.1. The Bertz CT molecular complexity index is 2210. The van der Waals surface area contributed by atoms with Crippen molar-refractivity contribution in [2.75, 3.05) is 30.4 Å². The maximum absolute atomic E-state index is 14.7. The number of nitrogens with one attached hydrogen (secondary N) is 1. The van der Waals surface area contributed by atoms with Crippen molar-refractivity contribution in [2.45, 2.75) is 18.7 Å². The number of nitrogens with zero attached hydrogens (tertiary/aromatic N) is 1. The van der Waals surface area contributed by atoms with Gasteiger partial charge in [-0.3, -0.25) is 13.9 Å². The number of benzene rings is 4. The van der Waals surface area contributed by atoms with Crippen LogP contribution >= 0.6 is 22.9 Å². The highest BCUT2D eigenvalue weighted by molar-refractivity contribution is 7.93. The Hall–Kier alpha value is -5.24. The molecule has 5 rings (SSSR count). The largest absolute Gasteiger partial charge is 0.493 e. The lowest BCUT2D eigenvalue weighted by molar-refractivity contribution is 0.0732. The lowest BCUT2D eigenvalue weighted by Crippen LogP contribution is -2.28. The van der Waals surface area contributed by atoms with Gasteiger partial charge >= 0.3 is 5.97 Å². The molecule has 0 bridgehead atoms. The molecule has 10 nitrogen and oxygen atoms in total. The van der Waals surface area contributed by atoms with Crippen molar-refractivity contribution in [3.63, 3.8) is 0 Å². The van der Waals surface area contributed by atoms with E-state index in [1.54, 1.807) is 56.3 Å². The van der Waals surface area contributed by atoms with Crippen molar-refractivity contribution in [2.24, 2.45) is 0 Å². The van der Waals surface area contributed by atoms with Gasteiger partial charge in [0.2, 0.25) is 0 Å². The lowest BCUT2D eigenvalue weighted by atomic mass is 10.0. The Labute approximate surface area is 297 Å². The van der Waals surface area contributed by atoms with Crippen LogP contribution in [0.5, 0.6) is 17.2 Å². The number of thiophene rings is 1. The number of methoxy groups -OCH3 is 1. The number of ether oxygens (including phenoxy) is 3. The Morgan fingerprint density at radius 2 is 1.60 bits per heavy atom. The van der Waals surface area contributed by atoms with E-state index >= 15 is 0 Å². The summed E-state index contributed by atoms with van der Waals surface area (Å²) in [7, 11) is -1.63. The zero-order chi connectivity index (χ0) is 36.2. The first-order chi connectivity index (χ1) is 23.8. The van der Waals surface area contributed by atoms with Gasteiger partial charge in [0.1, 0.15) is 21.3 Å². The first-order valence-electron chi connectivity index (χ1n) is 15.0. The number of aryl methyl sites for hydroxylation is 1. The molecule has 1 amide bonds. The minimum Gasteiger partial charge on any atom is -0.493 e. The summed E-state index contributed by atoms with van der Waals surface area (Å²) >= 11 is 6.90. The van der Waals surface area contributed by atoms with Crippen molar-refractivity contribution in [3.8, 4) is 17.2 Å². The summed E-state index contributed by atoms with van der Waals surface area (Å²) in [6, 6.07) is 22.0. The highest BCUT2D eigenvalue weighted by Gasteiger charge is 2.31. The molecule has 0 saturated carbocycles. The number of rotatable bonds is 12. The molecule has 0 unspecified atom stereocenters. The van der Waals surface area contributed by atoms with E-state index in [2.05, 4.69) is 5.32 Å². The molecule has 5 aromatic rings. The Morgan fingerprint density at radius 3 is 2.28 bits per heavy atom. The second-order valence-corrected chi connectivity index (χ2v) is 14.4. The molecule has 1 heterocycles. The molecule has 1 aromatic heterocycles. The van der Waals surface area contributed by atoms with Gasteiger partial charge in [-0.25, -0.2) is 17.6 Å². The van der Waals surface area contributed by atoms with Crippen LogP contribution in [0.15, 0.2) is 95.9 Å². The number of hydrogen-bond donors (Lipinski definition) is 1. The quantitative estimate of drug-likeness (QED) is 0.0782. The van der Waals surface area contributed by atoms with E-state index in [1.807, 2.05) is 0 Å². The molecule has 0 saturated heterocycles. The predicted octanol–water partition coefficient (Wildman–Crippen LogP) is 7.78. The molecular weight excluding hydrogens is 707 g/mol. The third-order valence-electron chi connectivity index (χ3n) is 7.39. The predicted molar refractivity (Wildman–Crippen MR) is 189 cm³/mol. The molecule has 0 aliphatic heterocycles. The number of carbonyl (C=O) groups is 3. The molecule has 0 atom stereocenters. The molecule has 0 fully saturated rings. The summed E-state index contributed by atoms with van der Waals surface area (Å²) in [5, 5.41) is 2.46. The summed E-state index contributed by atoms with van der Waals surface area (Å²) in [6.07, 6.45) is 0. The number of halogens is 2. The number of sulfonamides is 1. The molecule has 50 heavy (non-hydrogen) atoms. The van der Waals surface area contributed by atoms with Gasteiger partial charge in [0.15, 0.2) is 17.3 Å². The van der Waals surface area contributed by atoms with Crippen LogP contribution in [0.25, 0.3) is 0 Å². The smallest absolute Gasteiger partial charge is 0.343 e. The fourth-order valence-corrected chi connectivity index (χ4v) is 7.77. The maximum Gasteiger partial charge on any atom is 0.343 e. The number of carbonyl (C=O) groups excluding carboxylic acids is 3. The van der Waals surface area contributed by atoms with E-state index < -0.39 is 27.7 Å². The van der Waals surface area contributed by atoms with E-state index in [0.29, 0.717) is 46.1 Å². The van der Waals surface area contributed by atoms with Gasteiger partial charge in [-0.1, -0.05) is 41.9 Å². The Balaban J connectivity index is 1.35. The van der Waals surface area contributed by atoms with Gasteiger partial charge < -0.3 is 19.5 Å². The van der Waals surface area contributed by atoms with Crippen LogP contribution in [0.4, 0.5) is 15.8 Å². The normalized spacial score (nSPS) is 11.1. The summed E-state index contributed by atoms with van der Waals surface area (Å²) in [4.78, 5) is 38.7. The molecule has 0 spiro atoms. The average Bonchev–Trinajstić information content (AvgIpc) is 3.51. The van der Waals surface area contributed by atoms with Crippen LogP contribution in [-0.2, 0) is 10.0 Å². The van der Waals surface area contributed by atoms with E-state index in [4.69, 9.17) is 25.8 Å². The number of ketones is 1. The van der Waals surface area contributed by atoms with Gasteiger partial charge in [-0.15, -0.1) is 11.3 Å². The van der Waals surface area contributed by atoms with E-state index in [1.165, 1.54) is 44.5 Å². The Kier molecular flexibility index (Phi) is 10.9. The van der Waals surface area contributed by atoms with Crippen LogP contribution in [0, 0.1) is 12.7 Å². The maximum atomic E-state index is 14.7. The van der Waals surface area contributed by atoms with Crippen molar-refractivity contribution in [3.05, 3.63) is 128 Å². The summed E-state index contributed by atoms with van der Waals surface area (Å²) < 4.78 is 59.5. The van der Waals surface area contributed by atoms with Gasteiger partial charge in [-0.05, 0) is 74.0 Å². The zero-order valence-electron chi connectivity index (χ0n) is 27.2. The number of anilines is 2. The van der Waals surface area contributed by atoms with Gasteiger partial charge in [0.25, 0.3) is 15.9 Å². The molecule has 258 valence electrons. The summed E-state index contributed by atoms with van der Waals surface area (Å²) in [5.74, 6) is -2.03. The molecule has 0 aliphatic carbocycles. The number of hydrogen-bond acceptors (Lipinski definition) is 9. The van der Waals surface area contributed by atoms with Crippen molar-refractivity contribution >= 4 is 62.0 Å². The fraction of sp³-hybridized carbons (Fsp3) is 0.139. The molecular formula is C36H30ClFN2O8S2. The first kappa shape index (κ1) is 36.1. The lowest BCUT2D eigenvalue weighted by Gasteiger charge is -2.21. The van der Waals surface area contributed by atoms with Gasteiger partial charge in [0, 0.05) is 29.9 Å². The number of esters is 1. The standard InChI is InChI=1S/C36H30ClFN2O8S2/c1-5-47-29-14-12-27(19-30(29)46-4)40(3)50(44,45)31-20-32(37)49-34(31)35(42)39-26-17-24(16-25(38)18-26)36(43)48-28-13-11-23(15-21(28)2)33(41)22-9-7-6-8-10-22/h6-20H,5H2,1-4H3,(H,39,42). The van der Waals surface area contributed by atoms with E-state index in [-0.39, 0.29) is 42.6 Å². The van der Waals surface area contributed by atoms with Crippen LogP contribution in [0.1, 0.15) is 48.4 Å². The third-order valence-corrected chi connectivity index (χ3v) is 10.6. The average molecular weight is 737 g/mol. The van der Waals surface area contributed by atoms with Crippen molar-refractivity contribution in [1.82, 2.24) is 0 Å². The summed E-state index contributed by atoms with van der Waals surface area (Å²) in [5.41, 5.74) is 1.23. The SMILES string of the molecule is CCOc1ccc(N(C)S(=O)(=O)c2cc(Cl)sc2C(=O)Nc2cc(F)cc(C(=O)Oc3ccc(C(=O)c4ccccc4)cc3C)c2)cc1OC. The van der Waals surface area contributed by atoms with E-state index in [9.17, 15) is 27.2 Å². The van der Waals surface area contributed by atoms with Crippen LogP contribution in [0.3, 0.4) is 0 Å². The molecule has 0 radical (unpaired) electrons. The summed E-state index contributed by atoms with van der Waals surface area (Å²) in [6.45, 7) is 3.82. The minimum atomic E-state index is -4.35. The van der Waals surface area contributed by atoms with Crippen LogP contribution < -0.4 is 23.8 Å². The minimum absolute atomic E-state index is 0.0155. The molecule has 14 heteroatoms. The topological polar surface area (TPSA) is 128 Å². The second-order valence-electron chi connectivity index (χ2n) is 10.7. The van der Waals surface area contributed by atoms with Crippen molar-refractivity contribution < 1.29 is 41.4 Å². The van der Waals surface area contributed by atoms with Gasteiger partial charge in [-0.2, -0.15) is 0 Å². The van der Waals surface area contributed by atoms with E-state index in [0.717, 1.165) is 22.5 Å². The molecule has 1 N–H and O–H groups in total. The van der Waals surface area contributed by atoms with Gasteiger partial charge in [0.05, 0.1) is 29.3 Å². The zero-order valence-corrected chi connectivity index (χ0v) is 29.5. The highest BCUT2D eigenvalue weighted by atomic mass is 35.5. The monoisotopic (exact) mass is 736 g/mol. The van der Waals surface area contributed by atoms with Crippen LogP contribution in [-0.4, -0.2) is 46.8 Å². The van der Waals surface area contributed by atoms with Crippen LogP contribution in [0.2, 0.25) is 4.34 Å². The fourth-order valence-electron chi connectivity index (χ4n) is 4.90. The Morgan fingerprint density at radius 1 is 0.880 bits per heavy atom. The molecule has 4 aromatic carbocycles.